The summed E-state index contributed by atoms with van der Waals surface area (Å²) in [5.74, 6) is -1.22. The third-order valence-corrected chi connectivity index (χ3v) is 4.08. The fraction of sp³-hybridized carbons (Fsp3) is 0.688. The van der Waals surface area contributed by atoms with Gasteiger partial charge in [-0.2, -0.15) is 0 Å². The molecule has 5 heteroatoms. The van der Waals surface area contributed by atoms with Crippen LogP contribution in [0.15, 0.2) is 23.2 Å². The quantitative estimate of drug-likeness (QED) is 0.557. The highest BCUT2D eigenvalue weighted by Gasteiger charge is 2.54. The molecule has 5 nitrogen and oxygen atoms in total. The zero-order valence-corrected chi connectivity index (χ0v) is 14.0. The largest absolute Gasteiger partial charge is 0.492 e. The Kier molecular flexibility index (Phi) is 5.98. The van der Waals surface area contributed by atoms with Gasteiger partial charge in [0.05, 0.1) is 14.2 Å². The first-order valence-corrected chi connectivity index (χ1v) is 7.00. The average molecular weight is 298 g/mol. The minimum absolute atomic E-state index is 0.0796. The van der Waals surface area contributed by atoms with Crippen molar-refractivity contribution in [2.24, 2.45) is 11.8 Å². The SMILES string of the molecule is COC1=C(OC)C(OC)(OC)C(C)C(CC=C(C)C)C1=O. The number of methoxy groups -OCH3 is 4. The fourth-order valence-corrected chi connectivity index (χ4v) is 2.88. The third-order valence-electron chi connectivity index (χ3n) is 4.08. The van der Waals surface area contributed by atoms with Crippen LogP contribution in [0, 0.1) is 11.8 Å². The highest BCUT2D eigenvalue weighted by Crippen LogP contribution is 2.44. The van der Waals surface area contributed by atoms with Crippen LogP contribution in [0.2, 0.25) is 0 Å². The summed E-state index contributed by atoms with van der Waals surface area (Å²) in [5, 5.41) is 0. The molecule has 2 atom stereocenters. The molecule has 0 spiro atoms. The molecule has 0 fully saturated rings. The lowest BCUT2D eigenvalue weighted by molar-refractivity contribution is -0.244. The van der Waals surface area contributed by atoms with Crippen molar-refractivity contribution in [3.05, 3.63) is 23.2 Å². The Bertz CT molecular complexity index is 442. The zero-order valence-electron chi connectivity index (χ0n) is 14.0. The van der Waals surface area contributed by atoms with E-state index in [1.54, 1.807) is 14.2 Å². The third kappa shape index (κ3) is 2.99. The summed E-state index contributed by atoms with van der Waals surface area (Å²) in [6.07, 6.45) is 2.65. The lowest BCUT2D eigenvalue weighted by atomic mass is 9.75. The smallest absolute Gasteiger partial charge is 0.234 e. The second-order valence-electron chi connectivity index (χ2n) is 5.42. The fourth-order valence-electron chi connectivity index (χ4n) is 2.88. The molecule has 1 aliphatic carbocycles. The molecule has 0 aromatic heterocycles. The lowest BCUT2D eigenvalue weighted by Crippen LogP contribution is -2.52. The van der Waals surface area contributed by atoms with E-state index in [0.29, 0.717) is 12.2 Å². The number of allylic oxidation sites excluding steroid dienone is 3. The minimum Gasteiger partial charge on any atom is -0.492 e. The number of hydrogen-bond acceptors (Lipinski definition) is 5. The first-order valence-electron chi connectivity index (χ1n) is 7.00. The lowest BCUT2D eigenvalue weighted by Gasteiger charge is -2.43. The van der Waals surface area contributed by atoms with Crippen molar-refractivity contribution in [1.82, 2.24) is 0 Å². The van der Waals surface area contributed by atoms with Gasteiger partial charge in [0.1, 0.15) is 0 Å². The first-order chi connectivity index (χ1) is 9.89. The zero-order chi connectivity index (χ0) is 16.2. The van der Waals surface area contributed by atoms with Gasteiger partial charge in [-0.15, -0.1) is 0 Å². The van der Waals surface area contributed by atoms with E-state index in [1.807, 2.05) is 26.8 Å². The maximum absolute atomic E-state index is 12.7. The molecule has 0 aromatic carbocycles. The predicted octanol–water partition coefficient (Wildman–Crippen LogP) is 2.67. The molecule has 0 radical (unpaired) electrons. The molecule has 0 heterocycles. The number of ketones is 1. The van der Waals surface area contributed by atoms with Crippen LogP contribution in [0.25, 0.3) is 0 Å². The van der Waals surface area contributed by atoms with Gasteiger partial charge in [0.2, 0.25) is 23.1 Å². The Labute approximate surface area is 126 Å². The molecule has 0 aromatic rings. The van der Waals surface area contributed by atoms with Crippen molar-refractivity contribution >= 4 is 5.78 Å². The van der Waals surface area contributed by atoms with E-state index in [0.717, 1.165) is 5.57 Å². The second kappa shape index (κ2) is 7.09. The Morgan fingerprint density at radius 1 is 1.14 bits per heavy atom. The van der Waals surface area contributed by atoms with Crippen molar-refractivity contribution in [2.75, 3.05) is 28.4 Å². The number of ether oxygens (including phenoxy) is 4. The summed E-state index contributed by atoms with van der Waals surface area (Å²) in [6, 6.07) is 0. The van der Waals surface area contributed by atoms with Gasteiger partial charge in [-0.3, -0.25) is 4.79 Å². The van der Waals surface area contributed by atoms with Gasteiger partial charge in [-0.25, -0.2) is 0 Å². The van der Waals surface area contributed by atoms with E-state index in [1.165, 1.54) is 14.2 Å². The van der Waals surface area contributed by atoms with E-state index in [9.17, 15) is 4.79 Å². The Morgan fingerprint density at radius 2 is 1.71 bits per heavy atom. The average Bonchev–Trinajstić information content (AvgIpc) is 2.46. The molecule has 0 bridgehead atoms. The topological polar surface area (TPSA) is 54.0 Å². The summed E-state index contributed by atoms with van der Waals surface area (Å²) in [7, 11) is 6.02. The van der Waals surface area contributed by atoms with Gasteiger partial charge in [-0.05, 0) is 20.3 Å². The highest BCUT2D eigenvalue weighted by atomic mass is 16.7. The van der Waals surface area contributed by atoms with Crippen LogP contribution < -0.4 is 0 Å². The molecule has 1 rings (SSSR count). The number of rotatable bonds is 6. The van der Waals surface area contributed by atoms with Crippen LogP contribution in [0.3, 0.4) is 0 Å². The standard InChI is InChI=1S/C16H26O5/c1-10(2)8-9-12-11(3)16(20-6,21-7)15(19-5)14(18-4)13(12)17/h8,11-12H,9H2,1-7H3. The minimum atomic E-state index is -1.12. The van der Waals surface area contributed by atoms with Crippen molar-refractivity contribution < 1.29 is 23.7 Å². The van der Waals surface area contributed by atoms with Crippen molar-refractivity contribution in [3.63, 3.8) is 0 Å². The molecular weight excluding hydrogens is 272 g/mol. The van der Waals surface area contributed by atoms with Crippen molar-refractivity contribution in [1.29, 1.82) is 0 Å². The van der Waals surface area contributed by atoms with E-state index in [2.05, 4.69) is 0 Å². The van der Waals surface area contributed by atoms with Crippen LogP contribution in [0.1, 0.15) is 27.2 Å². The monoisotopic (exact) mass is 298 g/mol. The van der Waals surface area contributed by atoms with Crippen LogP contribution in [0.5, 0.6) is 0 Å². The molecule has 0 amide bonds. The summed E-state index contributed by atoms with van der Waals surface area (Å²) in [4.78, 5) is 12.7. The summed E-state index contributed by atoms with van der Waals surface area (Å²) >= 11 is 0. The molecule has 0 saturated carbocycles. The van der Waals surface area contributed by atoms with Crippen molar-refractivity contribution in [3.8, 4) is 0 Å². The van der Waals surface area contributed by atoms with E-state index in [-0.39, 0.29) is 23.4 Å². The van der Waals surface area contributed by atoms with Crippen LogP contribution in [-0.4, -0.2) is 40.0 Å². The highest BCUT2D eigenvalue weighted by molar-refractivity contribution is 5.97. The summed E-state index contributed by atoms with van der Waals surface area (Å²) in [5.41, 5.74) is 1.16. The molecule has 0 N–H and O–H groups in total. The van der Waals surface area contributed by atoms with E-state index in [4.69, 9.17) is 18.9 Å². The first kappa shape index (κ1) is 17.7. The van der Waals surface area contributed by atoms with Gasteiger partial charge in [-0.1, -0.05) is 18.6 Å². The number of carbonyl (C=O) groups is 1. The maximum Gasteiger partial charge on any atom is 0.234 e. The summed E-state index contributed by atoms with van der Waals surface area (Å²) in [6.45, 7) is 5.94. The van der Waals surface area contributed by atoms with Crippen LogP contribution >= 0.6 is 0 Å². The molecule has 0 saturated heterocycles. The molecule has 120 valence electrons. The Morgan fingerprint density at radius 3 is 2.10 bits per heavy atom. The van der Waals surface area contributed by atoms with E-state index < -0.39 is 5.79 Å². The van der Waals surface area contributed by atoms with Gasteiger partial charge in [0.15, 0.2) is 0 Å². The maximum atomic E-state index is 12.7. The van der Waals surface area contributed by atoms with Gasteiger partial charge >= 0.3 is 0 Å². The van der Waals surface area contributed by atoms with Gasteiger partial charge in [0.25, 0.3) is 0 Å². The molecular formula is C16H26O5. The van der Waals surface area contributed by atoms with Gasteiger partial charge < -0.3 is 18.9 Å². The van der Waals surface area contributed by atoms with Crippen LogP contribution in [0.4, 0.5) is 0 Å². The van der Waals surface area contributed by atoms with Crippen molar-refractivity contribution in [2.45, 2.75) is 33.0 Å². The molecule has 0 aliphatic heterocycles. The van der Waals surface area contributed by atoms with Gasteiger partial charge in [0, 0.05) is 26.1 Å². The number of carbonyl (C=O) groups excluding carboxylic acids is 1. The normalized spacial score (nSPS) is 24.8. The summed E-state index contributed by atoms with van der Waals surface area (Å²) < 4.78 is 21.9. The number of hydrogen-bond donors (Lipinski definition) is 0. The number of Topliss-reactive ketones (excluding diaryl/α,β-unsaturated/α-hetero) is 1. The van der Waals surface area contributed by atoms with Crippen LogP contribution in [-0.2, 0) is 23.7 Å². The Balaban J connectivity index is 3.40. The van der Waals surface area contributed by atoms with E-state index >= 15 is 0 Å². The Hall–Kier alpha value is -1.33. The molecule has 21 heavy (non-hydrogen) atoms. The second-order valence-corrected chi connectivity index (χ2v) is 5.42. The predicted molar refractivity (Wildman–Crippen MR) is 79.5 cm³/mol. The molecule has 2 unspecified atom stereocenters. The molecule has 1 aliphatic rings.